The van der Waals surface area contributed by atoms with Gasteiger partial charge < -0.3 is 19.7 Å². The Morgan fingerprint density at radius 1 is 1.27 bits per heavy atom. The van der Waals surface area contributed by atoms with Crippen molar-refractivity contribution < 1.29 is 37.1 Å². The van der Waals surface area contributed by atoms with Gasteiger partial charge in [0, 0.05) is 32.2 Å². The second-order valence-electron chi connectivity index (χ2n) is 7.64. The predicted octanol–water partition coefficient (Wildman–Crippen LogP) is 1.89. The van der Waals surface area contributed by atoms with E-state index in [1.54, 1.807) is 19.4 Å². The number of alkyl halides is 3. The number of carbonyl (C=O) groups excluding carboxylic acids is 2. The maximum absolute atomic E-state index is 12.7. The van der Waals surface area contributed by atoms with Crippen LogP contribution in [0.1, 0.15) is 36.4 Å². The number of nitrogens with one attached hydrogen (secondary N) is 1. The molecule has 3 rings (SSSR count). The molecule has 2 fully saturated rings. The summed E-state index contributed by atoms with van der Waals surface area (Å²) >= 11 is 0. The van der Waals surface area contributed by atoms with Crippen molar-refractivity contribution in [3.8, 4) is 0 Å². The van der Waals surface area contributed by atoms with E-state index in [9.17, 15) is 22.8 Å². The average Bonchev–Trinajstić information content (AvgIpc) is 3.33. The Morgan fingerprint density at radius 3 is 2.30 bits per heavy atom. The maximum atomic E-state index is 12.7. The number of halogens is 3. The number of amides is 2. The molecule has 0 saturated carbocycles. The molecule has 0 aromatic carbocycles. The van der Waals surface area contributed by atoms with Crippen LogP contribution in [-0.2, 0) is 9.59 Å². The van der Waals surface area contributed by atoms with Crippen molar-refractivity contribution in [1.29, 1.82) is 0 Å². The van der Waals surface area contributed by atoms with Crippen LogP contribution < -0.4 is 5.32 Å². The van der Waals surface area contributed by atoms with Crippen molar-refractivity contribution in [3.05, 3.63) is 23.7 Å². The first-order valence-corrected chi connectivity index (χ1v) is 9.51. The van der Waals surface area contributed by atoms with Crippen LogP contribution in [-0.4, -0.2) is 77.1 Å². The highest BCUT2D eigenvalue weighted by atomic mass is 19.4. The number of likely N-dealkylation sites (N-methyl/N-ethyl adjacent to an activating group) is 1. The summed E-state index contributed by atoms with van der Waals surface area (Å²) in [5, 5.41) is 9.90. The maximum Gasteiger partial charge on any atom is 0.490 e. The Labute approximate surface area is 172 Å². The Hall–Kier alpha value is -2.56. The number of likely N-dealkylation sites (tertiary alicyclic amines) is 2. The van der Waals surface area contributed by atoms with Crippen molar-refractivity contribution in [2.24, 2.45) is 5.92 Å². The summed E-state index contributed by atoms with van der Waals surface area (Å²) in [4.78, 5) is 37.9. The fraction of sp³-hybridized carbons (Fsp3) is 0.632. The molecule has 8 nitrogen and oxygen atoms in total. The van der Waals surface area contributed by atoms with E-state index in [1.807, 2.05) is 11.8 Å². The Balaban J connectivity index is 0.000000396. The largest absolute Gasteiger partial charge is 0.490 e. The molecule has 1 aromatic rings. The number of furan rings is 1. The highest BCUT2D eigenvalue weighted by Gasteiger charge is 2.50. The fourth-order valence-electron chi connectivity index (χ4n) is 4.16. The van der Waals surface area contributed by atoms with Gasteiger partial charge in [-0.2, -0.15) is 13.2 Å². The van der Waals surface area contributed by atoms with Gasteiger partial charge in [0.2, 0.25) is 5.91 Å². The van der Waals surface area contributed by atoms with Gasteiger partial charge in [0.05, 0.1) is 17.9 Å². The summed E-state index contributed by atoms with van der Waals surface area (Å²) in [6.45, 7) is 7.43. The van der Waals surface area contributed by atoms with Crippen molar-refractivity contribution >= 4 is 17.8 Å². The van der Waals surface area contributed by atoms with Crippen molar-refractivity contribution in [2.75, 3.05) is 20.1 Å². The van der Waals surface area contributed by atoms with E-state index in [1.165, 1.54) is 0 Å². The van der Waals surface area contributed by atoms with Crippen LogP contribution in [0, 0.1) is 12.8 Å². The summed E-state index contributed by atoms with van der Waals surface area (Å²) < 4.78 is 37.0. The molecule has 168 valence electrons. The summed E-state index contributed by atoms with van der Waals surface area (Å²) in [5.74, 6) is -1.62. The molecule has 2 aliphatic heterocycles. The van der Waals surface area contributed by atoms with E-state index < -0.39 is 12.1 Å². The molecule has 30 heavy (non-hydrogen) atoms. The zero-order valence-electron chi connectivity index (χ0n) is 17.2. The summed E-state index contributed by atoms with van der Waals surface area (Å²) in [6, 6.07) is 2.19. The molecule has 2 aliphatic rings. The molecule has 0 aliphatic carbocycles. The van der Waals surface area contributed by atoms with Crippen molar-refractivity contribution in [3.63, 3.8) is 0 Å². The highest BCUT2D eigenvalue weighted by molar-refractivity contribution is 5.95. The standard InChI is InChI=1S/C17H25N3O3.C2HF3O2/c1-10(2)20-14(16(21)18-4)7-12-8-19(9-15(12)20)17(22)13-5-6-23-11(13)3;3-2(4,5)1(6)7/h5-6,10,12,14-15H,7-9H2,1-4H3,(H,18,21);(H,6,7)/t12-,14-,15+;/m0./s1. The molecule has 2 saturated heterocycles. The molecule has 1 aromatic heterocycles. The first-order valence-electron chi connectivity index (χ1n) is 9.51. The highest BCUT2D eigenvalue weighted by Crippen LogP contribution is 2.37. The minimum absolute atomic E-state index is 0.0332. The smallest absolute Gasteiger partial charge is 0.475 e. The molecule has 3 atom stereocenters. The third-order valence-electron chi connectivity index (χ3n) is 5.44. The SMILES string of the molecule is CNC(=O)[C@@H]1C[C@H]2CN(C(=O)c3ccoc3C)C[C@H]2N1C(C)C.O=C(O)C(F)(F)F. The van der Waals surface area contributed by atoms with E-state index in [0.29, 0.717) is 30.3 Å². The molecule has 0 bridgehead atoms. The van der Waals surface area contributed by atoms with Gasteiger partial charge in [0.25, 0.3) is 5.91 Å². The van der Waals surface area contributed by atoms with E-state index in [2.05, 4.69) is 24.1 Å². The van der Waals surface area contributed by atoms with Gasteiger partial charge in [0.1, 0.15) is 5.76 Å². The van der Waals surface area contributed by atoms with Gasteiger partial charge in [-0.3, -0.25) is 14.5 Å². The lowest BCUT2D eigenvalue weighted by Crippen LogP contribution is -2.50. The number of carboxylic acid groups (broad SMARTS) is 1. The Morgan fingerprint density at radius 2 is 1.87 bits per heavy atom. The van der Waals surface area contributed by atoms with Crippen LogP contribution in [0.25, 0.3) is 0 Å². The Kier molecular flexibility index (Phi) is 7.17. The van der Waals surface area contributed by atoms with Crippen LogP contribution >= 0.6 is 0 Å². The molecular weight excluding hydrogens is 407 g/mol. The molecule has 2 amide bonds. The van der Waals surface area contributed by atoms with Crippen LogP contribution in [0.2, 0.25) is 0 Å². The topological polar surface area (TPSA) is 103 Å². The van der Waals surface area contributed by atoms with Crippen LogP contribution in [0.15, 0.2) is 16.7 Å². The van der Waals surface area contributed by atoms with Crippen molar-refractivity contribution in [1.82, 2.24) is 15.1 Å². The van der Waals surface area contributed by atoms with Crippen molar-refractivity contribution in [2.45, 2.75) is 51.5 Å². The molecule has 2 N–H and O–H groups in total. The first kappa shape index (κ1) is 23.7. The third kappa shape index (κ3) is 4.94. The number of hydrogen-bond acceptors (Lipinski definition) is 5. The number of fused-ring (bicyclic) bond motifs is 1. The van der Waals surface area contributed by atoms with Gasteiger partial charge in [-0.05, 0) is 39.2 Å². The van der Waals surface area contributed by atoms with Gasteiger partial charge in [0.15, 0.2) is 0 Å². The predicted molar refractivity (Wildman–Crippen MR) is 99.8 cm³/mol. The third-order valence-corrected chi connectivity index (χ3v) is 5.44. The number of nitrogens with zero attached hydrogens (tertiary/aromatic N) is 2. The molecule has 0 radical (unpaired) electrons. The lowest BCUT2D eigenvalue weighted by molar-refractivity contribution is -0.192. The van der Waals surface area contributed by atoms with E-state index in [0.717, 1.165) is 6.42 Å². The summed E-state index contributed by atoms with van der Waals surface area (Å²) in [5.41, 5.74) is 0.643. The number of aryl methyl sites for hydroxylation is 1. The van der Waals surface area contributed by atoms with E-state index in [-0.39, 0.29) is 29.9 Å². The fourth-order valence-corrected chi connectivity index (χ4v) is 4.16. The second-order valence-corrected chi connectivity index (χ2v) is 7.64. The van der Waals surface area contributed by atoms with E-state index in [4.69, 9.17) is 14.3 Å². The summed E-state index contributed by atoms with van der Waals surface area (Å²) in [7, 11) is 1.69. The quantitative estimate of drug-likeness (QED) is 0.755. The molecular formula is C19H26F3N3O5. The summed E-state index contributed by atoms with van der Waals surface area (Å²) in [6.07, 6.45) is -2.71. The van der Waals surface area contributed by atoms with Crippen LogP contribution in [0.3, 0.4) is 0 Å². The zero-order valence-corrected chi connectivity index (χ0v) is 17.2. The van der Waals surface area contributed by atoms with Gasteiger partial charge in [-0.1, -0.05) is 0 Å². The van der Waals surface area contributed by atoms with Crippen LogP contribution in [0.5, 0.6) is 0 Å². The van der Waals surface area contributed by atoms with Crippen LogP contribution in [0.4, 0.5) is 13.2 Å². The molecule has 0 spiro atoms. The number of carbonyl (C=O) groups is 3. The number of rotatable bonds is 3. The van der Waals surface area contributed by atoms with Gasteiger partial charge >= 0.3 is 12.1 Å². The number of aliphatic carboxylic acids is 1. The minimum Gasteiger partial charge on any atom is -0.475 e. The minimum atomic E-state index is -5.08. The Bertz CT molecular complexity index is 793. The lowest BCUT2D eigenvalue weighted by atomic mass is 10.0. The molecule has 3 heterocycles. The average molecular weight is 433 g/mol. The second kappa shape index (κ2) is 9.07. The molecule has 11 heteroatoms. The first-order chi connectivity index (χ1) is 13.9. The number of carboxylic acids is 1. The zero-order chi connectivity index (χ0) is 22.8. The normalized spacial score (nSPS) is 23.7. The van der Waals surface area contributed by atoms with E-state index >= 15 is 0 Å². The monoisotopic (exact) mass is 433 g/mol. The molecule has 0 unspecified atom stereocenters. The van der Waals surface area contributed by atoms with Gasteiger partial charge in [-0.25, -0.2) is 4.79 Å². The van der Waals surface area contributed by atoms with Gasteiger partial charge in [-0.15, -0.1) is 0 Å². The number of hydrogen-bond donors (Lipinski definition) is 2. The lowest BCUT2D eigenvalue weighted by Gasteiger charge is -2.33.